The predicted molar refractivity (Wildman–Crippen MR) is 58.0 cm³/mol. The van der Waals surface area contributed by atoms with Crippen molar-refractivity contribution in [1.82, 2.24) is 10.2 Å². The van der Waals surface area contributed by atoms with Crippen LogP contribution in [0.1, 0.15) is 33.1 Å². The Hall–Kier alpha value is -0.0800. The number of hydrogen-bond donors (Lipinski definition) is 1. The third-order valence-corrected chi connectivity index (χ3v) is 2.94. The highest BCUT2D eigenvalue weighted by molar-refractivity contribution is 4.70. The molecule has 1 aliphatic rings. The summed E-state index contributed by atoms with van der Waals surface area (Å²) in [6.45, 7) is 8.23. The highest BCUT2D eigenvalue weighted by Gasteiger charge is 2.15. The summed E-state index contributed by atoms with van der Waals surface area (Å²) in [5.74, 6) is 0.974. The molecule has 1 N–H and O–H groups in total. The van der Waals surface area contributed by atoms with E-state index in [4.69, 9.17) is 0 Å². The summed E-state index contributed by atoms with van der Waals surface area (Å²) in [7, 11) is 2.22. The Morgan fingerprint density at radius 1 is 1.31 bits per heavy atom. The summed E-state index contributed by atoms with van der Waals surface area (Å²) in [5.41, 5.74) is 0. The summed E-state index contributed by atoms with van der Waals surface area (Å²) in [5, 5.41) is 3.49. The molecule has 78 valence electrons. The van der Waals surface area contributed by atoms with Crippen LogP contribution in [0.15, 0.2) is 0 Å². The van der Waals surface area contributed by atoms with Gasteiger partial charge in [0.1, 0.15) is 0 Å². The van der Waals surface area contributed by atoms with E-state index in [0.29, 0.717) is 6.04 Å². The molecule has 0 saturated carbocycles. The largest absolute Gasteiger partial charge is 0.315 e. The van der Waals surface area contributed by atoms with E-state index in [1.165, 1.54) is 38.9 Å². The SMILES string of the molecule is CC(C)NCCC1CCN(C)CC1. The Labute approximate surface area is 82.7 Å². The Bertz CT molecular complexity index is 126. The summed E-state index contributed by atoms with van der Waals surface area (Å²) in [6, 6.07) is 0.645. The minimum absolute atomic E-state index is 0.645. The number of hydrogen-bond acceptors (Lipinski definition) is 2. The van der Waals surface area contributed by atoms with E-state index in [-0.39, 0.29) is 0 Å². The second-order valence-corrected chi connectivity index (χ2v) is 4.64. The van der Waals surface area contributed by atoms with Crippen molar-refractivity contribution in [3.63, 3.8) is 0 Å². The van der Waals surface area contributed by atoms with Crippen molar-refractivity contribution in [2.45, 2.75) is 39.2 Å². The molecule has 0 bridgehead atoms. The van der Waals surface area contributed by atoms with Gasteiger partial charge in [-0.3, -0.25) is 0 Å². The van der Waals surface area contributed by atoms with Crippen molar-refractivity contribution in [2.24, 2.45) is 5.92 Å². The van der Waals surface area contributed by atoms with Gasteiger partial charge in [0.2, 0.25) is 0 Å². The molecule has 1 rings (SSSR count). The van der Waals surface area contributed by atoms with Crippen LogP contribution in [0.25, 0.3) is 0 Å². The van der Waals surface area contributed by atoms with Gasteiger partial charge in [-0.2, -0.15) is 0 Å². The van der Waals surface area contributed by atoms with Gasteiger partial charge in [0.15, 0.2) is 0 Å². The smallest absolute Gasteiger partial charge is 0.00103 e. The lowest BCUT2D eigenvalue weighted by molar-refractivity contribution is 0.211. The Morgan fingerprint density at radius 2 is 1.92 bits per heavy atom. The number of rotatable bonds is 4. The molecule has 13 heavy (non-hydrogen) atoms. The van der Waals surface area contributed by atoms with Gasteiger partial charge in [-0.25, -0.2) is 0 Å². The number of piperidine rings is 1. The van der Waals surface area contributed by atoms with Crippen LogP contribution in [0, 0.1) is 5.92 Å². The van der Waals surface area contributed by atoms with Crippen molar-refractivity contribution >= 4 is 0 Å². The molecule has 0 spiro atoms. The topological polar surface area (TPSA) is 15.3 Å². The van der Waals surface area contributed by atoms with Gasteiger partial charge < -0.3 is 10.2 Å². The second-order valence-electron chi connectivity index (χ2n) is 4.64. The Kier molecular flexibility index (Phi) is 4.74. The van der Waals surface area contributed by atoms with Gasteiger partial charge in [-0.05, 0) is 51.9 Å². The van der Waals surface area contributed by atoms with E-state index in [2.05, 4.69) is 31.1 Å². The number of nitrogens with one attached hydrogen (secondary N) is 1. The van der Waals surface area contributed by atoms with E-state index >= 15 is 0 Å². The van der Waals surface area contributed by atoms with Crippen LogP contribution in [0.3, 0.4) is 0 Å². The third-order valence-electron chi connectivity index (χ3n) is 2.94. The first-order chi connectivity index (χ1) is 6.18. The second kappa shape index (κ2) is 5.61. The van der Waals surface area contributed by atoms with Crippen LogP contribution in [0.4, 0.5) is 0 Å². The summed E-state index contributed by atoms with van der Waals surface area (Å²) in [6.07, 6.45) is 4.17. The van der Waals surface area contributed by atoms with Crippen molar-refractivity contribution in [1.29, 1.82) is 0 Å². The van der Waals surface area contributed by atoms with E-state index in [1.807, 2.05) is 0 Å². The lowest BCUT2D eigenvalue weighted by Gasteiger charge is -2.29. The predicted octanol–water partition coefficient (Wildman–Crippen LogP) is 1.72. The first kappa shape index (κ1) is 11.0. The number of nitrogens with zero attached hydrogens (tertiary/aromatic N) is 1. The molecule has 1 fully saturated rings. The van der Waals surface area contributed by atoms with Crippen molar-refractivity contribution in [2.75, 3.05) is 26.7 Å². The molecule has 1 saturated heterocycles. The fraction of sp³-hybridized carbons (Fsp3) is 1.00. The fourth-order valence-corrected chi connectivity index (χ4v) is 1.93. The Morgan fingerprint density at radius 3 is 2.46 bits per heavy atom. The molecule has 2 nitrogen and oxygen atoms in total. The summed E-state index contributed by atoms with van der Waals surface area (Å²) >= 11 is 0. The molecule has 2 heteroatoms. The molecule has 1 heterocycles. The maximum Gasteiger partial charge on any atom is 0.00103 e. The van der Waals surface area contributed by atoms with Gasteiger partial charge >= 0.3 is 0 Å². The van der Waals surface area contributed by atoms with Crippen molar-refractivity contribution < 1.29 is 0 Å². The average Bonchev–Trinajstić information content (AvgIpc) is 2.08. The van der Waals surface area contributed by atoms with E-state index in [9.17, 15) is 0 Å². The minimum Gasteiger partial charge on any atom is -0.315 e. The zero-order valence-electron chi connectivity index (χ0n) is 9.34. The maximum absolute atomic E-state index is 3.49. The monoisotopic (exact) mass is 184 g/mol. The molecule has 0 aromatic rings. The van der Waals surface area contributed by atoms with Crippen molar-refractivity contribution in [3.8, 4) is 0 Å². The zero-order chi connectivity index (χ0) is 9.68. The Balaban J connectivity index is 2.02. The van der Waals surface area contributed by atoms with Crippen LogP contribution in [0.2, 0.25) is 0 Å². The maximum atomic E-state index is 3.49. The first-order valence-electron chi connectivity index (χ1n) is 5.60. The quantitative estimate of drug-likeness (QED) is 0.715. The van der Waals surface area contributed by atoms with Gasteiger partial charge in [0.05, 0.1) is 0 Å². The third kappa shape index (κ3) is 4.63. The van der Waals surface area contributed by atoms with Gasteiger partial charge in [0, 0.05) is 6.04 Å². The molecule has 1 aliphatic heterocycles. The van der Waals surface area contributed by atoms with Gasteiger partial charge in [-0.15, -0.1) is 0 Å². The molecule has 0 aliphatic carbocycles. The fourth-order valence-electron chi connectivity index (χ4n) is 1.93. The molecule has 0 aromatic heterocycles. The van der Waals surface area contributed by atoms with Gasteiger partial charge in [0.25, 0.3) is 0 Å². The van der Waals surface area contributed by atoms with Crippen LogP contribution < -0.4 is 5.32 Å². The van der Waals surface area contributed by atoms with Crippen LogP contribution >= 0.6 is 0 Å². The molecule has 0 unspecified atom stereocenters. The molecule has 0 radical (unpaired) electrons. The van der Waals surface area contributed by atoms with Crippen LogP contribution in [-0.4, -0.2) is 37.6 Å². The highest BCUT2D eigenvalue weighted by atomic mass is 15.1. The summed E-state index contributed by atoms with van der Waals surface area (Å²) in [4.78, 5) is 2.44. The average molecular weight is 184 g/mol. The van der Waals surface area contributed by atoms with E-state index in [1.54, 1.807) is 0 Å². The molecule has 0 atom stereocenters. The minimum atomic E-state index is 0.645. The highest BCUT2D eigenvalue weighted by Crippen LogP contribution is 2.18. The molecule has 0 aromatic carbocycles. The van der Waals surface area contributed by atoms with E-state index in [0.717, 1.165) is 5.92 Å². The lowest BCUT2D eigenvalue weighted by atomic mass is 9.94. The lowest BCUT2D eigenvalue weighted by Crippen LogP contribution is -2.32. The number of likely N-dealkylation sites (tertiary alicyclic amines) is 1. The molecule has 0 amide bonds. The molecular formula is C11H24N2. The van der Waals surface area contributed by atoms with Crippen molar-refractivity contribution in [3.05, 3.63) is 0 Å². The van der Waals surface area contributed by atoms with Crippen LogP contribution in [-0.2, 0) is 0 Å². The standard InChI is InChI=1S/C11H24N2/c1-10(2)12-7-4-11-5-8-13(3)9-6-11/h10-12H,4-9H2,1-3H3. The zero-order valence-corrected chi connectivity index (χ0v) is 9.34. The first-order valence-corrected chi connectivity index (χ1v) is 5.60. The normalized spacial score (nSPS) is 21.2. The van der Waals surface area contributed by atoms with Gasteiger partial charge in [-0.1, -0.05) is 13.8 Å². The van der Waals surface area contributed by atoms with Crippen LogP contribution in [0.5, 0.6) is 0 Å². The van der Waals surface area contributed by atoms with E-state index < -0.39 is 0 Å². The summed E-state index contributed by atoms with van der Waals surface area (Å²) < 4.78 is 0. The molecular weight excluding hydrogens is 160 g/mol.